The molecule has 0 atom stereocenters. The van der Waals surface area contributed by atoms with Gasteiger partial charge in [-0.1, -0.05) is 65.8 Å². The zero-order valence-corrected chi connectivity index (χ0v) is 33.2. The van der Waals surface area contributed by atoms with Gasteiger partial charge in [0.05, 0.1) is 0 Å². The van der Waals surface area contributed by atoms with Crippen molar-refractivity contribution in [1.82, 2.24) is 5.32 Å². The third-order valence-corrected chi connectivity index (χ3v) is 8.97. The van der Waals surface area contributed by atoms with Crippen molar-refractivity contribution in [3.8, 4) is 0 Å². The molecule has 2 aromatic heterocycles. The van der Waals surface area contributed by atoms with Crippen molar-refractivity contribution in [2.45, 2.75) is 79.1 Å². The van der Waals surface area contributed by atoms with Crippen LogP contribution in [0.2, 0.25) is 0 Å². The average molecular weight is 697 g/mol. The quantitative estimate of drug-likeness (QED) is 0.202. The van der Waals surface area contributed by atoms with E-state index in [1.165, 1.54) is 30.6 Å². The minimum Gasteiger partial charge on any atom is -0.870 e. The first-order valence-corrected chi connectivity index (χ1v) is 16.6. The molecule has 0 aliphatic heterocycles. The van der Waals surface area contributed by atoms with Crippen LogP contribution in [0.1, 0.15) is 92.9 Å². The van der Waals surface area contributed by atoms with Crippen molar-refractivity contribution < 1.29 is 50.1 Å². The molecule has 10 heteroatoms. The first-order valence-electron chi connectivity index (χ1n) is 14.6. The minimum atomic E-state index is -0.402. The van der Waals surface area contributed by atoms with Crippen LogP contribution in [0.25, 0.3) is 0 Å². The maximum Gasteiger partial charge on any atom is 1.00 e. The summed E-state index contributed by atoms with van der Waals surface area (Å²) in [6.45, 7) is 18.6. The monoisotopic (exact) mass is 696 g/mol. The van der Waals surface area contributed by atoms with Gasteiger partial charge in [0.25, 0.3) is 11.1 Å². The summed E-state index contributed by atoms with van der Waals surface area (Å²) in [5.41, 5.74) is 9.34. The zero-order chi connectivity index (χ0) is 32.2. The van der Waals surface area contributed by atoms with Crippen LogP contribution in [0.3, 0.4) is 0 Å². The van der Waals surface area contributed by atoms with E-state index in [0.717, 1.165) is 24.9 Å². The summed E-state index contributed by atoms with van der Waals surface area (Å²) >= 11 is 8.95. The van der Waals surface area contributed by atoms with Gasteiger partial charge in [-0.15, -0.1) is 22.7 Å². The van der Waals surface area contributed by atoms with E-state index in [9.17, 15) is 9.59 Å². The van der Waals surface area contributed by atoms with Gasteiger partial charge in [0.1, 0.15) is 0 Å². The SMILES string of the molecule is CC(C)(C)c1ccc(C(=O)Cl)cc1.Cc1ccc(CCN)s1.Cc1ccc(CCNC(=O)c2ccc(C(C)(C)C)cc2)s1.O.[Na+].[OH-]. The van der Waals surface area contributed by atoms with Crippen LogP contribution in [0.5, 0.6) is 0 Å². The summed E-state index contributed by atoms with van der Waals surface area (Å²) in [5.74, 6) is 0.00346. The van der Waals surface area contributed by atoms with Gasteiger partial charge in [0.2, 0.25) is 0 Å². The van der Waals surface area contributed by atoms with Crippen LogP contribution in [0, 0.1) is 13.8 Å². The largest absolute Gasteiger partial charge is 1.00 e. The molecular formula is C36H50ClN2NaO4S2. The van der Waals surface area contributed by atoms with Crippen LogP contribution in [0.15, 0.2) is 72.8 Å². The number of amides is 1. The van der Waals surface area contributed by atoms with Crippen LogP contribution in [0.4, 0.5) is 0 Å². The van der Waals surface area contributed by atoms with Crippen LogP contribution in [-0.2, 0) is 23.7 Å². The zero-order valence-electron chi connectivity index (χ0n) is 28.8. The smallest absolute Gasteiger partial charge is 0.870 e. The second-order valence-electron chi connectivity index (χ2n) is 12.5. The predicted octanol–water partition coefficient (Wildman–Crippen LogP) is 5.25. The van der Waals surface area contributed by atoms with E-state index in [4.69, 9.17) is 17.3 Å². The fourth-order valence-electron chi connectivity index (χ4n) is 4.01. The van der Waals surface area contributed by atoms with E-state index in [0.29, 0.717) is 12.1 Å². The number of rotatable bonds is 7. The number of nitrogens with one attached hydrogen (secondary N) is 1. The Balaban J connectivity index is 0. The third kappa shape index (κ3) is 16.8. The van der Waals surface area contributed by atoms with E-state index in [1.54, 1.807) is 23.5 Å². The number of hydrogen-bond acceptors (Lipinski definition) is 6. The number of nitrogens with two attached hydrogens (primary N) is 1. The Bertz CT molecular complexity index is 1440. The van der Waals surface area contributed by atoms with Crippen molar-refractivity contribution in [2.24, 2.45) is 5.73 Å². The Morgan fingerprint density at radius 1 is 0.696 bits per heavy atom. The Morgan fingerprint density at radius 3 is 1.41 bits per heavy atom. The average Bonchev–Trinajstić information content (AvgIpc) is 3.55. The van der Waals surface area contributed by atoms with Crippen molar-refractivity contribution in [3.05, 3.63) is 115 Å². The molecule has 0 bridgehead atoms. The van der Waals surface area contributed by atoms with Crippen molar-refractivity contribution in [2.75, 3.05) is 13.1 Å². The van der Waals surface area contributed by atoms with E-state index in [2.05, 4.69) is 85.0 Å². The van der Waals surface area contributed by atoms with Gasteiger partial charge in [-0.2, -0.15) is 0 Å². The second kappa shape index (κ2) is 21.9. The Morgan fingerprint density at radius 2 is 1.09 bits per heavy atom. The predicted molar refractivity (Wildman–Crippen MR) is 193 cm³/mol. The summed E-state index contributed by atoms with van der Waals surface area (Å²) in [5, 5.41) is 2.58. The topological polar surface area (TPSA) is 134 Å². The normalized spacial score (nSPS) is 10.4. The summed E-state index contributed by atoms with van der Waals surface area (Å²) < 4.78 is 0. The molecule has 0 aliphatic rings. The molecule has 248 valence electrons. The summed E-state index contributed by atoms with van der Waals surface area (Å²) in [7, 11) is 0. The molecule has 0 saturated heterocycles. The molecule has 4 aromatic rings. The van der Waals surface area contributed by atoms with Crippen molar-refractivity contribution in [1.29, 1.82) is 0 Å². The molecule has 6 N–H and O–H groups in total. The molecule has 46 heavy (non-hydrogen) atoms. The van der Waals surface area contributed by atoms with Crippen molar-refractivity contribution in [3.63, 3.8) is 0 Å². The second-order valence-corrected chi connectivity index (χ2v) is 15.6. The fourth-order valence-corrected chi connectivity index (χ4v) is 5.93. The van der Waals surface area contributed by atoms with Gasteiger partial charge < -0.3 is 22.0 Å². The third-order valence-electron chi connectivity index (χ3n) is 6.63. The first-order chi connectivity index (χ1) is 20.1. The molecule has 2 heterocycles. The number of hydrogen-bond donors (Lipinski definition) is 2. The van der Waals surface area contributed by atoms with E-state index >= 15 is 0 Å². The van der Waals surface area contributed by atoms with Gasteiger partial charge in [0.15, 0.2) is 0 Å². The fraction of sp³-hybridized carbons (Fsp3) is 0.389. The van der Waals surface area contributed by atoms with Gasteiger partial charge >= 0.3 is 29.6 Å². The maximum absolute atomic E-state index is 12.1. The molecule has 0 saturated carbocycles. The van der Waals surface area contributed by atoms with Crippen LogP contribution in [-0.4, -0.2) is 35.2 Å². The van der Waals surface area contributed by atoms with E-state index < -0.39 is 5.24 Å². The molecule has 0 fully saturated rings. The van der Waals surface area contributed by atoms with Gasteiger partial charge in [0, 0.05) is 37.2 Å². The van der Waals surface area contributed by atoms with Gasteiger partial charge in [-0.05, 0) is 115 Å². The molecule has 1 amide bonds. The van der Waals surface area contributed by atoms with Crippen LogP contribution < -0.4 is 40.6 Å². The number of benzene rings is 2. The number of halogens is 1. The van der Waals surface area contributed by atoms with Gasteiger partial charge in [-0.25, -0.2) is 0 Å². The number of thiophene rings is 2. The molecule has 2 aromatic carbocycles. The van der Waals surface area contributed by atoms with E-state index in [1.807, 2.05) is 47.7 Å². The number of aryl methyl sites for hydroxylation is 2. The molecule has 6 nitrogen and oxygen atoms in total. The van der Waals surface area contributed by atoms with E-state index in [-0.39, 0.29) is 57.2 Å². The Hall–Kier alpha value is -1.85. The Kier molecular flexibility index (Phi) is 22.0. The van der Waals surface area contributed by atoms with Gasteiger partial charge in [-0.3, -0.25) is 9.59 Å². The number of carbonyl (C=O) groups is 2. The number of carbonyl (C=O) groups excluding carboxylic acids is 2. The Labute approximate surface area is 311 Å². The molecular weight excluding hydrogens is 647 g/mol. The minimum absolute atomic E-state index is 0. The summed E-state index contributed by atoms with van der Waals surface area (Å²) in [6.07, 6.45) is 1.92. The molecule has 0 unspecified atom stereocenters. The summed E-state index contributed by atoms with van der Waals surface area (Å²) in [4.78, 5) is 28.3. The molecule has 0 spiro atoms. The molecule has 0 radical (unpaired) electrons. The standard InChI is InChI=1S/C18H23NOS.C11H13ClO.C7H11NS.Na.2H2O/c1-13-5-10-16(21-13)11-12-19-17(20)14-6-8-15(9-7-14)18(2,3)4;1-11(2,3)9-6-4-8(5-7-9)10(12)13;1-6-2-3-7(9-6)4-5-8;;;/h5-10H,11-12H2,1-4H3,(H,19,20);4-7H,1-3H3;2-3H,4-5,8H2,1H3;;2*1H2/q;;;+1;;/p-1. The maximum atomic E-state index is 12.1. The first kappa shape index (κ1) is 46.3. The van der Waals surface area contributed by atoms with Crippen molar-refractivity contribution >= 4 is 45.4 Å². The molecule has 0 aliphatic carbocycles. The van der Waals surface area contributed by atoms with Crippen LogP contribution >= 0.6 is 34.3 Å². The molecule has 4 rings (SSSR count). The summed E-state index contributed by atoms with van der Waals surface area (Å²) in [6, 6.07) is 23.8.